The van der Waals surface area contributed by atoms with Crippen LogP contribution in [-0.2, 0) is 0 Å². The molecule has 7 heteroatoms. The van der Waals surface area contributed by atoms with E-state index < -0.39 is 10.8 Å². The lowest BCUT2D eigenvalue weighted by Crippen LogP contribution is -2.19. The zero-order chi connectivity index (χ0) is 16.1. The number of carbonyl (C=O) groups excluding carboxylic acids is 1. The fourth-order valence-electron chi connectivity index (χ4n) is 1.73. The van der Waals surface area contributed by atoms with Crippen molar-refractivity contribution in [2.75, 3.05) is 0 Å². The molecule has 0 heterocycles. The van der Waals surface area contributed by atoms with Crippen molar-refractivity contribution in [3.05, 3.63) is 74.8 Å². The predicted molar refractivity (Wildman–Crippen MR) is 84.2 cm³/mol. The third-order valence-electron chi connectivity index (χ3n) is 2.94. The Hall–Kier alpha value is -2.73. The molecule has 0 aliphatic rings. The number of carbonyl (C=O) groups is 1. The minimum absolute atomic E-state index is 0.00310. The number of nitrogens with zero attached hydrogens (tertiary/aromatic N) is 2. The van der Waals surface area contributed by atoms with E-state index in [0.717, 1.165) is 0 Å². The van der Waals surface area contributed by atoms with E-state index in [1.54, 1.807) is 43.3 Å². The van der Waals surface area contributed by atoms with E-state index in [4.69, 9.17) is 11.6 Å². The van der Waals surface area contributed by atoms with Crippen molar-refractivity contribution in [1.82, 2.24) is 5.43 Å². The molecule has 2 rings (SSSR count). The Morgan fingerprint density at radius 1 is 1.18 bits per heavy atom. The molecule has 6 nitrogen and oxygen atoms in total. The maximum Gasteiger partial charge on any atom is 0.272 e. The van der Waals surface area contributed by atoms with Gasteiger partial charge in [-0.05, 0) is 36.8 Å². The number of hydrogen-bond donors (Lipinski definition) is 1. The molecule has 0 radical (unpaired) electrons. The van der Waals surface area contributed by atoms with Gasteiger partial charge in [-0.1, -0.05) is 23.7 Å². The first-order valence-electron chi connectivity index (χ1n) is 6.33. The molecule has 0 aliphatic carbocycles. The topological polar surface area (TPSA) is 84.6 Å². The number of nitrogens with one attached hydrogen (secondary N) is 1. The number of benzene rings is 2. The monoisotopic (exact) mass is 317 g/mol. The Kier molecular flexibility index (Phi) is 4.85. The highest BCUT2D eigenvalue weighted by atomic mass is 35.5. The summed E-state index contributed by atoms with van der Waals surface area (Å²) in [7, 11) is 0. The van der Waals surface area contributed by atoms with E-state index in [2.05, 4.69) is 10.5 Å². The average molecular weight is 318 g/mol. The van der Waals surface area contributed by atoms with Crippen molar-refractivity contribution in [3.63, 3.8) is 0 Å². The first kappa shape index (κ1) is 15.7. The Labute approximate surface area is 131 Å². The van der Waals surface area contributed by atoms with Gasteiger partial charge in [-0.3, -0.25) is 14.9 Å². The number of hydrazone groups is 1. The predicted octanol–water partition coefficient (Wildman–Crippen LogP) is 3.40. The van der Waals surface area contributed by atoms with Crippen LogP contribution in [0, 0.1) is 10.1 Å². The van der Waals surface area contributed by atoms with Gasteiger partial charge in [-0.15, -0.1) is 0 Å². The molecule has 112 valence electrons. The molecule has 0 saturated carbocycles. The maximum atomic E-state index is 12.0. The lowest BCUT2D eigenvalue weighted by molar-refractivity contribution is -0.384. The maximum absolute atomic E-state index is 12.0. The van der Waals surface area contributed by atoms with E-state index in [1.165, 1.54) is 12.1 Å². The normalized spacial score (nSPS) is 11.1. The quantitative estimate of drug-likeness (QED) is 0.533. The highest BCUT2D eigenvalue weighted by molar-refractivity contribution is 6.33. The summed E-state index contributed by atoms with van der Waals surface area (Å²) in [4.78, 5) is 22.1. The first-order chi connectivity index (χ1) is 10.5. The molecule has 0 bridgehead atoms. The van der Waals surface area contributed by atoms with Crippen LogP contribution in [0.3, 0.4) is 0 Å². The summed E-state index contributed by atoms with van der Waals surface area (Å²) in [5, 5.41) is 14.9. The SMILES string of the molecule is C/C(=N\NC(=O)c1ccccc1Cl)c1ccc([N+](=O)[O-])cc1. The second-order valence-corrected chi connectivity index (χ2v) is 4.83. The zero-order valence-electron chi connectivity index (χ0n) is 11.6. The molecule has 0 aromatic heterocycles. The van der Waals surface area contributed by atoms with Crippen LogP contribution < -0.4 is 5.43 Å². The van der Waals surface area contributed by atoms with Crippen molar-refractivity contribution in [1.29, 1.82) is 0 Å². The van der Waals surface area contributed by atoms with E-state index in [-0.39, 0.29) is 5.69 Å². The Bertz CT molecular complexity index is 742. The van der Waals surface area contributed by atoms with E-state index in [1.807, 2.05) is 0 Å². The van der Waals surface area contributed by atoms with Gasteiger partial charge in [-0.2, -0.15) is 5.10 Å². The summed E-state index contributed by atoms with van der Waals surface area (Å²) in [5.41, 5.74) is 3.92. The van der Waals surface area contributed by atoms with Gasteiger partial charge >= 0.3 is 0 Å². The lowest BCUT2D eigenvalue weighted by Gasteiger charge is -2.04. The van der Waals surface area contributed by atoms with Gasteiger partial charge in [0.15, 0.2) is 0 Å². The summed E-state index contributed by atoms with van der Waals surface area (Å²) in [5.74, 6) is -0.424. The summed E-state index contributed by atoms with van der Waals surface area (Å²) in [6.07, 6.45) is 0. The van der Waals surface area contributed by atoms with Gasteiger partial charge in [0, 0.05) is 12.1 Å². The Balaban J connectivity index is 2.11. The van der Waals surface area contributed by atoms with Gasteiger partial charge in [0.25, 0.3) is 11.6 Å². The number of non-ortho nitro benzene ring substituents is 1. The Morgan fingerprint density at radius 3 is 2.41 bits per heavy atom. The van der Waals surface area contributed by atoms with Crippen LogP contribution in [0.2, 0.25) is 5.02 Å². The van der Waals surface area contributed by atoms with Gasteiger partial charge in [0.1, 0.15) is 0 Å². The molecule has 22 heavy (non-hydrogen) atoms. The van der Waals surface area contributed by atoms with Gasteiger partial charge in [0.05, 0.1) is 21.2 Å². The highest BCUT2D eigenvalue weighted by Crippen LogP contribution is 2.15. The van der Waals surface area contributed by atoms with Gasteiger partial charge in [-0.25, -0.2) is 5.43 Å². The van der Waals surface area contributed by atoms with Crippen LogP contribution in [0.15, 0.2) is 53.6 Å². The molecule has 2 aromatic carbocycles. The van der Waals surface area contributed by atoms with Crippen molar-refractivity contribution < 1.29 is 9.72 Å². The van der Waals surface area contributed by atoms with E-state index in [9.17, 15) is 14.9 Å². The molecule has 0 saturated heterocycles. The van der Waals surface area contributed by atoms with Crippen LogP contribution in [0.4, 0.5) is 5.69 Å². The number of rotatable bonds is 4. The number of hydrogen-bond acceptors (Lipinski definition) is 4. The molecule has 0 aliphatic heterocycles. The third-order valence-corrected chi connectivity index (χ3v) is 3.27. The number of nitro benzene ring substituents is 1. The molecule has 0 spiro atoms. The van der Waals surface area contributed by atoms with Crippen LogP contribution in [0.5, 0.6) is 0 Å². The second kappa shape index (κ2) is 6.82. The number of amides is 1. The van der Waals surface area contributed by atoms with Crippen LogP contribution in [0.25, 0.3) is 0 Å². The van der Waals surface area contributed by atoms with Crippen molar-refractivity contribution in [2.45, 2.75) is 6.92 Å². The van der Waals surface area contributed by atoms with Crippen molar-refractivity contribution in [2.24, 2.45) is 5.10 Å². The van der Waals surface area contributed by atoms with Gasteiger partial charge in [0.2, 0.25) is 0 Å². The summed E-state index contributed by atoms with van der Waals surface area (Å²) < 4.78 is 0. The van der Waals surface area contributed by atoms with Crippen molar-refractivity contribution in [3.8, 4) is 0 Å². The van der Waals surface area contributed by atoms with Gasteiger partial charge < -0.3 is 0 Å². The molecule has 0 atom stereocenters. The fraction of sp³-hybridized carbons (Fsp3) is 0.0667. The number of halogens is 1. The Morgan fingerprint density at radius 2 is 1.82 bits per heavy atom. The van der Waals surface area contributed by atoms with E-state index in [0.29, 0.717) is 21.9 Å². The lowest BCUT2D eigenvalue weighted by atomic mass is 10.1. The fourth-order valence-corrected chi connectivity index (χ4v) is 1.95. The van der Waals surface area contributed by atoms with Crippen LogP contribution in [0.1, 0.15) is 22.8 Å². The van der Waals surface area contributed by atoms with E-state index >= 15 is 0 Å². The summed E-state index contributed by atoms with van der Waals surface area (Å²) in [6.45, 7) is 1.69. The molecular formula is C15H12ClN3O3. The molecule has 1 N–H and O–H groups in total. The summed E-state index contributed by atoms with van der Waals surface area (Å²) in [6, 6.07) is 12.5. The third kappa shape index (κ3) is 3.67. The second-order valence-electron chi connectivity index (χ2n) is 4.42. The van der Waals surface area contributed by atoms with Crippen LogP contribution in [-0.4, -0.2) is 16.5 Å². The minimum atomic E-state index is -0.477. The highest BCUT2D eigenvalue weighted by Gasteiger charge is 2.09. The average Bonchev–Trinajstić information content (AvgIpc) is 2.52. The molecule has 2 aromatic rings. The molecule has 0 unspecified atom stereocenters. The molecule has 0 fully saturated rings. The molecule has 1 amide bonds. The first-order valence-corrected chi connectivity index (χ1v) is 6.71. The minimum Gasteiger partial charge on any atom is -0.267 e. The summed E-state index contributed by atoms with van der Waals surface area (Å²) >= 11 is 5.93. The molecular weight excluding hydrogens is 306 g/mol. The smallest absolute Gasteiger partial charge is 0.267 e. The number of nitro groups is 1. The zero-order valence-corrected chi connectivity index (χ0v) is 12.4. The van der Waals surface area contributed by atoms with Crippen LogP contribution >= 0.6 is 11.6 Å². The largest absolute Gasteiger partial charge is 0.272 e. The standard InChI is InChI=1S/C15H12ClN3O3/c1-10(11-6-8-12(9-7-11)19(21)22)17-18-15(20)13-4-2-3-5-14(13)16/h2-9H,1H3,(H,18,20)/b17-10+. The van der Waals surface area contributed by atoms with Crippen molar-refractivity contribution >= 4 is 28.9 Å².